The molecule has 1 aromatic carbocycles. The van der Waals surface area contributed by atoms with E-state index in [0.717, 1.165) is 32.5 Å². The molecule has 3 heteroatoms. The Morgan fingerprint density at radius 1 is 1.18 bits per heavy atom. The molecule has 0 atom stereocenters. The quantitative estimate of drug-likeness (QED) is 0.606. The fourth-order valence-electron chi connectivity index (χ4n) is 1.67. The smallest absolute Gasteiger partial charge is 0.191 e. The van der Waals surface area contributed by atoms with E-state index < -0.39 is 0 Å². The fraction of sp³-hybridized carbons (Fsp3) is 0.500. The highest BCUT2D eigenvalue weighted by molar-refractivity contribution is 5.78. The largest absolute Gasteiger partial charge is 0.370 e. The molecular weight excluding hydrogens is 210 g/mol. The van der Waals surface area contributed by atoms with Crippen LogP contribution in [0.4, 0.5) is 0 Å². The van der Waals surface area contributed by atoms with Gasteiger partial charge in [0.15, 0.2) is 5.96 Å². The summed E-state index contributed by atoms with van der Waals surface area (Å²) in [5.74, 6) is 0.664. The fourth-order valence-corrected chi connectivity index (χ4v) is 1.67. The standard InChI is InChI=1S/C14H23N3/c1-3-10-16-14(15)17(11-4-2)12-13-8-6-5-7-9-13/h5-9H,3-4,10-12H2,1-2H3,(H2,15,16). The van der Waals surface area contributed by atoms with E-state index >= 15 is 0 Å². The molecule has 94 valence electrons. The van der Waals surface area contributed by atoms with Crippen LogP contribution < -0.4 is 5.73 Å². The first-order valence-corrected chi connectivity index (χ1v) is 6.36. The number of nitrogens with zero attached hydrogens (tertiary/aromatic N) is 2. The maximum atomic E-state index is 6.01. The van der Waals surface area contributed by atoms with Crippen molar-refractivity contribution in [3.8, 4) is 0 Å². The Bertz CT molecular complexity index is 333. The molecule has 0 fully saturated rings. The van der Waals surface area contributed by atoms with Crippen LogP contribution in [0.5, 0.6) is 0 Å². The zero-order chi connectivity index (χ0) is 12.5. The molecule has 0 radical (unpaired) electrons. The molecule has 0 saturated carbocycles. The van der Waals surface area contributed by atoms with Crippen molar-refractivity contribution in [1.29, 1.82) is 0 Å². The Labute approximate surface area is 104 Å². The number of aliphatic imine (C=N–C) groups is 1. The van der Waals surface area contributed by atoms with Crippen LogP contribution >= 0.6 is 0 Å². The van der Waals surface area contributed by atoms with E-state index in [1.54, 1.807) is 0 Å². The minimum atomic E-state index is 0.664. The second-order valence-electron chi connectivity index (χ2n) is 4.15. The Morgan fingerprint density at radius 3 is 2.47 bits per heavy atom. The molecule has 1 aromatic rings. The van der Waals surface area contributed by atoms with Crippen LogP contribution in [0.2, 0.25) is 0 Å². The molecule has 0 amide bonds. The Balaban J connectivity index is 2.66. The van der Waals surface area contributed by atoms with Gasteiger partial charge in [-0.05, 0) is 18.4 Å². The van der Waals surface area contributed by atoms with E-state index in [0.29, 0.717) is 5.96 Å². The van der Waals surface area contributed by atoms with Gasteiger partial charge in [-0.3, -0.25) is 4.99 Å². The van der Waals surface area contributed by atoms with Gasteiger partial charge in [-0.2, -0.15) is 0 Å². The van der Waals surface area contributed by atoms with Crippen molar-refractivity contribution in [3.05, 3.63) is 35.9 Å². The summed E-state index contributed by atoms with van der Waals surface area (Å²) in [7, 11) is 0. The van der Waals surface area contributed by atoms with Gasteiger partial charge in [0, 0.05) is 19.6 Å². The zero-order valence-corrected chi connectivity index (χ0v) is 10.9. The second-order valence-corrected chi connectivity index (χ2v) is 4.15. The van der Waals surface area contributed by atoms with Crippen molar-refractivity contribution >= 4 is 5.96 Å². The van der Waals surface area contributed by atoms with E-state index in [4.69, 9.17) is 5.73 Å². The lowest BCUT2D eigenvalue weighted by Crippen LogP contribution is -2.37. The van der Waals surface area contributed by atoms with E-state index in [9.17, 15) is 0 Å². The van der Waals surface area contributed by atoms with Crippen LogP contribution in [-0.2, 0) is 6.54 Å². The third kappa shape index (κ3) is 4.89. The van der Waals surface area contributed by atoms with Crippen LogP contribution in [0.3, 0.4) is 0 Å². The topological polar surface area (TPSA) is 41.6 Å². The first kappa shape index (κ1) is 13.6. The molecule has 0 aliphatic heterocycles. The van der Waals surface area contributed by atoms with Crippen molar-refractivity contribution in [3.63, 3.8) is 0 Å². The molecule has 0 unspecified atom stereocenters. The van der Waals surface area contributed by atoms with E-state index in [2.05, 4.69) is 48.0 Å². The minimum absolute atomic E-state index is 0.664. The molecule has 0 spiro atoms. The van der Waals surface area contributed by atoms with Crippen LogP contribution in [0, 0.1) is 0 Å². The monoisotopic (exact) mass is 233 g/mol. The van der Waals surface area contributed by atoms with Gasteiger partial charge < -0.3 is 10.6 Å². The summed E-state index contributed by atoms with van der Waals surface area (Å²) in [6, 6.07) is 10.4. The van der Waals surface area contributed by atoms with E-state index in [1.807, 2.05) is 6.07 Å². The summed E-state index contributed by atoms with van der Waals surface area (Å²) in [5, 5.41) is 0. The highest BCUT2D eigenvalue weighted by Crippen LogP contribution is 2.05. The molecule has 0 aromatic heterocycles. The number of hydrogen-bond donors (Lipinski definition) is 1. The number of hydrogen-bond acceptors (Lipinski definition) is 1. The maximum absolute atomic E-state index is 6.01. The lowest BCUT2D eigenvalue weighted by Gasteiger charge is -2.23. The van der Waals surface area contributed by atoms with Gasteiger partial charge in [-0.15, -0.1) is 0 Å². The summed E-state index contributed by atoms with van der Waals surface area (Å²) in [6.07, 6.45) is 2.11. The van der Waals surface area contributed by atoms with E-state index in [1.165, 1.54) is 5.56 Å². The van der Waals surface area contributed by atoms with E-state index in [-0.39, 0.29) is 0 Å². The average molecular weight is 233 g/mol. The first-order valence-electron chi connectivity index (χ1n) is 6.36. The first-order chi connectivity index (χ1) is 8.27. The summed E-state index contributed by atoms with van der Waals surface area (Å²) in [4.78, 5) is 6.52. The Hall–Kier alpha value is -1.51. The average Bonchev–Trinajstić information content (AvgIpc) is 2.36. The predicted molar refractivity (Wildman–Crippen MR) is 73.9 cm³/mol. The Morgan fingerprint density at radius 2 is 1.88 bits per heavy atom. The van der Waals surface area contributed by atoms with Crippen molar-refractivity contribution in [2.24, 2.45) is 10.7 Å². The lowest BCUT2D eigenvalue weighted by atomic mass is 10.2. The molecular formula is C14H23N3. The van der Waals surface area contributed by atoms with Gasteiger partial charge in [-0.25, -0.2) is 0 Å². The lowest BCUT2D eigenvalue weighted by molar-refractivity contribution is 0.405. The second kappa shape index (κ2) is 7.71. The van der Waals surface area contributed by atoms with Gasteiger partial charge in [0.25, 0.3) is 0 Å². The zero-order valence-electron chi connectivity index (χ0n) is 10.9. The summed E-state index contributed by atoms with van der Waals surface area (Å²) < 4.78 is 0. The maximum Gasteiger partial charge on any atom is 0.191 e. The third-order valence-electron chi connectivity index (χ3n) is 2.53. The van der Waals surface area contributed by atoms with Crippen molar-refractivity contribution in [2.45, 2.75) is 33.2 Å². The van der Waals surface area contributed by atoms with Gasteiger partial charge in [0.05, 0.1) is 0 Å². The molecule has 0 bridgehead atoms. The van der Waals surface area contributed by atoms with Crippen molar-refractivity contribution < 1.29 is 0 Å². The number of benzene rings is 1. The highest BCUT2D eigenvalue weighted by atomic mass is 15.2. The molecule has 0 saturated heterocycles. The van der Waals surface area contributed by atoms with Gasteiger partial charge in [0.1, 0.15) is 0 Å². The summed E-state index contributed by atoms with van der Waals surface area (Å²) >= 11 is 0. The van der Waals surface area contributed by atoms with Gasteiger partial charge in [0.2, 0.25) is 0 Å². The number of nitrogens with two attached hydrogens (primary N) is 1. The molecule has 1 rings (SSSR count). The summed E-state index contributed by atoms with van der Waals surface area (Å²) in [5.41, 5.74) is 7.29. The van der Waals surface area contributed by atoms with Gasteiger partial charge >= 0.3 is 0 Å². The van der Waals surface area contributed by atoms with Crippen LogP contribution in [0.15, 0.2) is 35.3 Å². The SMILES string of the molecule is CCCN=C(N)N(CCC)Cc1ccccc1. The minimum Gasteiger partial charge on any atom is -0.370 e. The molecule has 2 N–H and O–H groups in total. The molecule has 17 heavy (non-hydrogen) atoms. The van der Waals surface area contributed by atoms with Crippen LogP contribution in [0.1, 0.15) is 32.3 Å². The summed E-state index contributed by atoms with van der Waals surface area (Å²) in [6.45, 7) is 6.87. The van der Waals surface area contributed by atoms with Gasteiger partial charge in [-0.1, -0.05) is 44.2 Å². The molecule has 0 heterocycles. The number of guanidine groups is 1. The normalized spacial score (nSPS) is 11.5. The van der Waals surface area contributed by atoms with Crippen LogP contribution in [0.25, 0.3) is 0 Å². The van der Waals surface area contributed by atoms with Crippen molar-refractivity contribution in [1.82, 2.24) is 4.90 Å². The molecule has 0 aliphatic rings. The predicted octanol–water partition coefficient (Wildman–Crippen LogP) is 2.62. The van der Waals surface area contributed by atoms with Crippen LogP contribution in [-0.4, -0.2) is 23.9 Å². The number of rotatable bonds is 6. The Kier molecular flexibility index (Phi) is 6.15. The third-order valence-corrected chi connectivity index (χ3v) is 2.53. The highest BCUT2D eigenvalue weighted by Gasteiger charge is 2.06. The van der Waals surface area contributed by atoms with Crippen molar-refractivity contribution in [2.75, 3.05) is 13.1 Å². The molecule has 0 aliphatic carbocycles. The molecule has 3 nitrogen and oxygen atoms in total.